The Kier molecular flexibility index (Phi) is 2.73. The quantitative estimate of drug-likeness (QED) is 0.867. The Labute approximate surface area is 113 Å². The van der Waals surface area contributed by atoms with Gasteiger partial charge < -0.3 is 10.6 Å². The summed E-state index contributed by atoms with van der Waals surface area (Å²) in [5, 5.41) is 11.7. The van der Waals surface area contributed by atoms with Crippen LogP contribution in [0.1, 0.15) is 20.8 Å². The summed E-state index contributed by atoms with van der Waals surface area (Å²) in [5.41, 5.74) is 3.30. The second kappa shape index (κ2) is 4.30. The van der Waals surface area contributed by atoms with Gasteiger partial charge in [-0.25, -0.2) is 4.68 Å². The molecule has 0 atom stereocenters. The minimum Gasteiger partial charge on any atom is -0.376 e. The van der Waals surface area contributed by atoms with Crippen LogP contribution < -0.4 is 10.6 Å². The van der Waals surface area contributed by atoms with E-state index in [-0.39, 0.29) is 5.54 Å². The van der Waals surface area contributed by atoms with Gasteiger partial charge in [0, 0.05) is 17.6 Å². The first-order valence-electron chi connectivity index (χ1n) is 6.73. The summed E-state index contributed by atoms with van der Waals surface area (Å²) in [5.74, 6) is 1.11. The van der Waals surface area contributed by atoms with E-state index in [1.165, 1.54) is 0 Å². The van der Waals surface area contributed by atoms with Gasteiger partial charge >= 0.3 is 0 Å². The van der Waals surface area contributed by atoms with E-state index in [1.54, 1.807) is 0 Å². The largest absolute Gasteiger partial charge is 0.376 e. The van der Waals surface area contributed by atoms with Crippen molar-refractivity contribution in [1.29, 1.82) is 0 Å². The molecule has 0 aliphatic carbocycles. The third-order valence-electron chi connectivity index (χ3n) is 3.12. The number of benzene rings is 1. The number of fused-ring (bicyclic) bond motifs is 1. The zero-order valence-electron chi connectivity index (χ0n) is 11.7. The number of aromatic nitrogens is 2. The molecular weight excluding hydrogens is 236 g/mol. The van der Waals surface area contributed by atoms with Crippen LogP contribution in [0.25, 0.3) is 11.3 Å². The summed E-state index contributed by atoms with van der Waals surface area (Å²) in [6.45, 7) is 8.39. The van der Waals surface area contributed by atoms with Crippen LogP contribution >= 0.6 is 0 Å². The summed E-state index contributed by atoms with van der Waals surface area (Å²) in [4.78, 5) is 0. The van der Waals surface area contributed by atoms with E-state index in [1.807, 2.05) is 18.2 Å². The highest BCUT2D eigenvalue weighted by molar-refractivity contribution is 5.84. The van der Waals surface area contributed by atoms with E-state index in [0.717, 1.165) is 35.9 Å². The summed E-state index contributed by atoms with van der Waals surface area (Å²) in [6.07, 6.45) is 0. The molecule has 1 aliphatic heterocycles. The van der Waals surface area contributed by atoms with Crippen LogP contribution in [-0.2, 0) is 6.54 Å². The highest BCUT2D eigenvalue weighted by atomic mass is 15.4. The monoisotopic (exact) mass is 256 g/mol. The molecule has 3 rings (SSSR count). The van der Waals surface area contributed by atoms with Gasteiger partial charge in [0.2, 0.25) is 0 Å². The van der Waals surface area contributed by atoms with E-state index >= 15 is 0 Å². The van der Waals surface area contributed by atoms with Crippen LogP contribution in [0.5, 0.6) is 0 Å². The lowest BCUT2D eigenvalue weighted by Crippen LogP contribution is -2.26. The number of nitrogens with one attached hydrogen (secondary N) is 2. The van der Waals surface area contributed by atoms with E-state index in [2.05, 4.69) is 48.2 Å². The van der Waals surface area contributed by atoms with Gasteiger partial charge in [0.15, 0.2) is 0 Å². The van der Waals surface area contributed by atoms with Gasteiger partial charge in [-0.2, -0.15) is 5.10 Å². The maximum absolute atomic E-state index is 4.74. The molecule has 0 amide bonds. The molecular formula is C15H20N4. The third kappa shape index (κ3) is 2.30. The standard InChI is InChI=1S/C15H20N4/c1-15(2,3)17-13-12(11-7-5-4-6-8-11)18-19-10-9-16-14(13)19/h4-8,16-17H,9-10H2,1-3H3. The lowest BCUT2D eigenvalue weighted by Gasteiger charge is -2.22. The molecule has 19 heavy (non-hydrogen) atoms. The van der Waals surface area contributed by atoms with Crippen molar-refractivity contribution in [2.24, 2.45) is 0 Å². The van der Waals surface area contributed by atoms with Crippen LogP contribution in [-0.4, -0.2) is 21.9 Å². The topological polar surface area (TPSA) is 41.9 Å². The molecule has 2 N–H and O–H groups in total. The fraction of sp³-hybridized carbons (Fsp3) is 0.400. The molecule has 0 saturated carbocycles. The molecule has 0 saturated heterocycles. The zero-order chi connectivity index (χ0) is 13.5. The Balaban J connectivity index is 2.10. The van der Waals surface area contributed by atoms with Crippen LogP contribution in [0.3, 0.4) is 0 Å². The fourth-order valence-electron chi connectivity index (χ4n) is 2.38. The van der Waals surface area contributed by atoms with Crippen molar-refractivity contribution >= 4 is 11.5 Å². The van der Waals surface area contributed by atoms with Crippen molar-refractivity contribution in [3.05, 3.63) is 30.3 Å². The lowest BCUT2D eigenvalue weighted by molar-refractivity contribution is 0.634. The number of nitrogens with zero attached hydrogens (tertiary/aromatic N) is 2. The molecule has 1 aliphatic rings. The molecule has 1 aromatic carbocycles. The second-order valence-corrected chi connectivity index (χ2v) is 5.96. The highest BCUT2D eigenvalue weighted by Crippen LogP contribution is 2.37. The first-order chi connectivity index (χ1) is 9.04. The summed E-state index contributed by atoms with van der Waals surface area (Å²) in [6, 6.07) is 10.3. The van der Waals surface area contributed by atoms with Crippen molar-refractivity contribution in [2.45, 2.75) is 32.9 Å². The van der Waals surface area contributed by atoms with Gasteiger partial charge in [-0.3, -0.25) is 0 Å². The Morgan fingerprint density at radius 3 is 2.63 bits per heavy atom. The van der Waals surface area contributed by atoms with Gasteiger partial charge in [0.1, 0.15) is 17.2 Å². The van der Waals surface area contributed by atoms with Crippen LogP contribution in [0, 0.1) is 0 Å². The van der Waals surface area contributed by atoms with E-state index in [0.29, 0.717) is 0 Å². The Morgan fingerprint density at radius 1 is 1.21 bits per heavy atom. The van der Waals surface area contributed by atoms with Crippen LogP contribution in [0.15, 0.2) is 30.3 Å². The molecule has 2 aromatic rings. The van der Waals surface area contributed by atoms with Crippen molar-refractivity contribution in [3.8, 4) is 11.3 Å². The number of rotatable bonds is 2. The van der Waals surface area contributed by atoms with Crippen molar-refractivity contribution in [3.63, 3.8) is 0 Å². The Hall–Kier alpha value is -1.97. The minimum absolute atomic E-state index is 0.0121. The second-order valence-electron chi connectivity index (χ2n) is 5.96. The molecule has 0 spiro atoms. The molecule has 0 bridgehead atoms. The normalized spacial score (nSPS) is 14.1. The molecule has 2 heterocycles. The number of hydrogen-bond donors (Lipinski definition) is 2. The maximum Gasteiger partial charge on any atom is 0.148 e. The fourth-order valence-corrected chi connectivity index (χ4v) is 2.38. The first kappa shape index (κ1) is 12.1. The molecule has 4 nitrogen and oxygen atoms in total. The van der Waals surface area contributed by atoms with Gasteiger partial charge in [-0.15, -0.1) is 0 Å². The van der Waals surface area contributed by atoms with Crippen LogP contribution in [0.4, 0.5) is 11.5 Å². The smallest absolute Gasteiger partial charge is 0.148 e. The maximum atomic E-state index is 4.74. The van der Waals surface area contributed by atoms with Gasteiger partial charge in [-0.1, -0.05) is 30.3 Å². The molecule has 0 fully saturated rings. The lowest BCUT2D eigenvalue weighted by atomic mass is 10.1. The molecule has 0 unspecified atom stereocenters. The SMILES string of the molecule is CC(C)(C)Nc1c(-c2ccccc2)nn2c1NCC2. The van der Waals surface area contributed by atoms with Crippen LogP contribution in [0.2, 0.25) is 0 Å². The average molecular weight is 256 g/mol. The van der Waals surface area contributed by atoms with E-state index in [9.17, 15) is 0 Å². The predicted molar refractivity (Wildman–Crippen MR) is 79.5 cm³/mol. The average Bonchev–Trinajstić information content (AvgIpc) is 2.92. The molecule has 0 radical (unpaired) electrons. The predicted octanol–water partition coefficient (Wildman–Crippen LogP) is 3.19. The highest BCUT2D eigenvalue weighted by Gasteiger charge is 2.25. The molecule has 1 aromatic heterocycles. The summed E-state index contributed by atoms with van der Waals surface area (Å²) in [7, 11) is 0. The van der Waals surface area contributed by atoms with Gasteiger partial charge in [0.25, 0.3) is 0 Å². The number of anilines is 2. The minimum atomic E-state index is 0.0121. The van der Waals surface area contributed by atoms with Gasteiger partial charge in [-0.05, 0) is 20.8 Å². The van der Waals surface area contributed by atoms with Crippen molar-refractivity contribution < 1.29 is 0 Å². The Bertz CT molecular complexity index is 578. The molecule has 100 valence electrons. The van der Waals surface area contributed by atoms with Crippen molar-refractivity contribution in [1.82, 2.24) is 9.78 Å². The van der Waals surface area contributed by atoms with Gasteiger partial charge in [0.05, 0.1) is 6.54 Å². The van der Waals surface area contributed by atoms with E-state index < -0.39 is 0 Å². The Morgan fingerprint density at radius 2 is 1.95 bits per heavy atom. The molecule has 4 heteroatoms. The zero-order valence-corrected chi connectivity index (χ0v) is 11.7. The van der Waals surface area contributed by atoms with Crippen molar-refractivity contribution in [2.75, 3.05) is 17.2 Å². The summed E-state index contributed by atoms with van der Waals surface area (Å²) >= 11 is 0. The summed E-state index contributed by atoms with van der Waals surface area (Å²) < 4.78 is 2.05. The number of hydrogen-bond acceptors (Lipinski definition) is 3. The third-order valence-corrected chi connectivity index (χ3v) is 3.12. The van der Waals surface area contributed by atoms with E-state index in [4.69, 9.17) is 5.10 Å². The first-order valence-corrected chi connectivity index (χ1v) is 6.73.